The number of hydrogen-bond acceptors (Lipinski definition) is 3. The maximum atomic E-state index is 13.8. The van der Waals surface area contributed by atoms with Gasteiger partial charge in [-0.15, -0.1) is 0 Å². The summed E-state index contributed by atoms with van der Waals surface area (Å²) in [5.74, 6) is -0.143. The van der Waals surface area contributed by atoms with Crippen molar-refractivity contribution >= 4 is 5.69 Å². The van der Waals surface area contributed by atoms with E-state index in [0.29, 0.717) is 13.0 Å². The molecular formula is C15H24FN3. The lowest BCUT2D eigenvalue weighted by Crippen LogP contribution is -2.32. The second-order valence-corrected chi connectivity index (χ2v) is 5.25. The van der Waals surface area contributed by atoms with E-state index in [1.165, 1.54) is 32.0 Å². The molecule has 0 aliphatic carbocycles. The van der Waals surface area contributed by atoms with Gasteiger partial charge in [0.05, 0.1) is 0 Å². The van der Waals surface area contributed by atoms with Crippen LogP contribution in [0.5, 0.6) is 0 Å². The first-order chi connectivity index (χ1) is 9.22. The second kappa shape index (κ2) is 6.87. The molecule has 1 saturated heterocycles. The van der Waals surface area contributed by atoms with Crippen molar-refractivity contribution in [2.45, 2.75) is 19.3 Å². The van der Waals surface area contributed by atoms with Crippen LogP contribution in [0.1, 0.15) is 18.4 Å². The van der Waals surface area contributed by atoms with Crippen molar-refractivity contribution in [3.05, 3.63) is 29.6 Å². The molecule has 1 aliphatic heterocycles. The molecule has 0 atom stereocenters. The van der Waals surface area contributed by atoms with Gasteiger partial charge in [0.25, 0.3) is 0 Å². The Hall–Kier alpha value is -1.13. The first-order valence-electron chi connectivity index (χ1n) is 7.13. The summed E-state index contributed by atoms with van der Waals surface area (Å²) in [6.45, 7) is 4.86. The summed E-state index contributed by atoms with van der Waals surface area (Å²) in [6, 6.07) is 5.28. The number of nitrogens with two attached hydrogens (primary N) is 1. The first kappa shape index (κ1) is 14.3. The zero-order valence-electron chi connectivity index (χ0n) is 11.7. The zero-order chi connectivity index (χ0) is 13.7. The van der Waals surface area contributed by atoms with Crippen LogP contribution in [0.4, 0.5) is 10.1 Å². The van der Waals surface area contributed by atoms with Crippen LogP contribution in [0.25, 0.3) is 0 Å². The molecule has 0 unspecified atom stereocenters. The number of halogens is 1. The molecule has 1 aromatic rings. The van der Waals surface area contributed by atoms with Crippen molar-refractivity contribution in [2.24, 2.45) is 5.73 Å². The number of hydrogen-bond donors (Lipinski definition) is 1. The predicted molar refractivity (Wildman–Crippen MR) is 78.1 cm³/mol. The van der Waals surface area contributed by atoms with E-state index in [1.807, 2.05) is 13.1 Å². The fourth-order valence-corrected chi connectivity index (χ4v) is 2.71. The molecule has 0 radical (unpaired) electrons. The van der Waals surface area contributed by atoms with Gasteiger partial charge in [-0.3, -0.25) is 0 Å². The number of benzene rings is 1. The van der Waals surface area contributed by atoms with Gasteiger partial charge in [0, 0.05) is 31.4 Å². The third-order valence-electron chi connectivity index (χ3n) is 3.85. The minimum atomic E-state index is -0.143. The van der Waals surface area contributed by atoms with E-state index < -0.39 is 0 Å². The smallest absolute Gasteiger partial charge is 0.128 e. The fraction of sp³-hybridized carbons (Fsp3) is 0.600. The summed E-state index contributed by atoms with van der Waals surface area (Å²) < 4.78 is 13.8. The molecule has 4 heteroatoms. The van der Waals surface area contributed by atoms with E-state index in [4.69, 9.17) is 5.73 Å². The molecule has 3 nitrogen and oxygen atoms in total. The van der Waals surface area contributed by atoms with E-state index in [1.54, 1.807) is 6.07 Å². The van der Waals surface area contributed by atoms with Crippen molar-refractivity contribution in [3.63, 3.8) is 0 Å². The quantitative estimate of drug-likeness (QED) is 0.852. The molecule has 1 aliphatic rings. The number of likely N-dealkylation sites (N-methyl/N-ethyl adjacent to an activating group) is 1. The van der Waals surface area contributed by atoms with Gasteiger partial charge in [0.1, 0.15) is 5.82 Å². The molecule has 106 valence electrons. The molecule has 19 heavy (non-hydrogen) atoms. The lowest BCUT2D eigenvalue weighted by atomic mass is 10.1. The van der Waals surface area contributed by atoms with Gasteiger partial charge in [-0.1, -0.05) is 6.07 Å². The van der Waals surface area contributed by atoms with E-state index >= 15 is 0 Å². The van der Waals surface area contributed by atoms with Crippen LogP contribution in [0.3, 0.4) is 0 Å². The highest BCUT2D eigenvalue weighted by Gasteiger charge is 2.14. The van der Waals surface area contributed by atoms with Crippen LogP contribution >= 0.6 is 0 Å². The van der Waals surface area contributed by atoms with Crippen LogP contribution in [-0.4, -0.2) is 44.7 Å². The molecule has 0 saturated carbocycles. The molecular weight excluding hydrogens is 241 g/mol. The van der Waals surface area contributed by atoms with Gasteiger partial charge in [-0.25, -0.2) is 4.39 Å². The van der Waals surface area contributed by atoms with Gasteiger partial charge in [0.2, 0.25) is 0 Å². The van der Waals surface area contributed by atoms with Crippen molar-refractivity contribution in [2.75, 3.05) is 44.7 Å². The Morgan fingerprint density at radius 3 is 2.74 bits per heavy atom. The van der Waals surface area contributed by atoms with Crippen molar-refractivity contribution in [1.29, 1.82) is 0 Å². The Morgan fingerprint density at radius 1 is 1.32 bits per heavy atom. The van der Waals surface area contributed by atoms with E-state index in [0.717, 1.165) is 24.3 Å². The van der Waals surface area contributed by atoms with Crippen molar-refractivity contribution < 1.29 is 4.39 Å². The van der Waals surface area contributed by atoms with E-state index in [9.17, 15) is 4.39 Å². The maximum Gasteiger partial charge on any atom is 0.128 e. The van der Waals surface area contributed by atoms with Crippen LogP contribution in [-0.2, 0) is 6.42 Å². The lowest BCUT2D eigenvalue weighted by Gasteiger charge is -2.25. The lowest BCUT2D eigenvalue weighted by molar-refractivity contribution is 0.346. The molecule has 1 aromatic carbocycles. The summed E-state index contributed by atoms with van der Waals surface area (Å²) in [5.41, 5.74) is 7.30. The van der Waals surface area contributed by atoms with Crippen LogP contribution in [0.2, 0.25) is 0 Å². The number of rotatable bonds is 6. The zero-order valence-corrected chi connectivity index (χ0v) is 11.7. The topological polar surface area (TPSA) is 32.5 Å². The highest BCUT2D eigenvalue weighted by molar-refractivity contribution is 5.53. The van der Waals surface area contributed by atoms with Gasteiger partial charge < -0.3 is 15.5 Å². The summed E-state index contributed by atoms with van der Waals surface area (Å²) in [7, 11) is 2.03. The monoisotopic (exact) mass is 265 g/mol. The van der Waals surface area contributed by atoms with Crippen LogP contribution in [0.15, 0.2) is 18.2 Å². The Balaban J connectivity index is 2.00. The summed E-state index contributed by atoms with van der Waals surface area (Å²) in [5, 5.41) is 0. The SMILES string of the molecule is CN(CCN1CCCC1)c1cccc(F)c1CCN. The molecule has 0 amide bonds. The normalized spacial score (nSPS) is 15.9. The van der Waals surface area contributed by atoms with Crippen LogP contribution in [0, 0.1) is 5.82 Å². The molecule has 0 spiro atoms. The van der Waals surface area contributed by atoms with Gasteiger partial charge in [-0.05, 0) is 51.0 Å². The average molecular weight is 265 g/mol. The number of nitrogens with zero attached hydrogens (tertiary/aromatic N) is 2. The Kier molecular flexibility index (Phi) is 5.16. The molecule has 0 aromatic heterocycles. The second-order valence-electron chi connectivity index (χ2n) is 5.25. The van der Waals surface area contributed by atoms with E-state index in [-0.39, 0.29) is 5.82 Å². The molecule has 1 heterocycles. The average Bonchev–Trinajstić information content (AvgIpc) is 2.92. The fourth-order valence-electron chi connectivity index (χ4n) is 2.71. The molecule has 0 bridgehead atoms. The first-order valence-corrected chi connectivity index (χ1v) is 7.13. The van der Waals surface area contributed by atoms with Crippen LogP contribution < -0.4 is 10.6 Å². The predicted octanol–water partition coefficient (Wildman–Crippen LogP) is 1.86. The van der Waals surface area contributed by atoms with Gasteiger partial charge in [-0.2, -0.15) is 0 Å². The Bertz CT molecular complexity index is 402. The number of likely N-dealkylation sites (tertiary alicyclic amines) is 1. The Morgan fingerprint density at radius 2 is 2.05 bits per heavy atom. The minimum absolute atomic E-state index is 0.143. The van der Waals surface area contributed by atoms with Crippen molar-refractivity contribution in [3.8, 4) is 0 Å². The van der Waals surface area contributed by atoms with Crippen molar-refractivity contribution in [1.82, 2.24) is 4.90 Å². The minimum Gasteiger partial charge on any atom is -0.373 e. The highest BCUT2D eigenvalue weighted by atomic mass is 19.1. The molecule has 2 rings (SSSR count). The maximum absolute atomic E-state index is 13.8. The summed E-state index contributed by atoms with van der Waals surface area (Å²) in [4.78, 5) is 4.62. The largest absolute Gasteiger partial charge is 0.373 e. The third-order valence-corrected chi connectivity index (χ3v) is 3.85. The molecule has 2 N–H and O–H groups in total. The summed E-state index contributed by atoms with van der Waals surface area (Å²) >= 11 is 0. The highest BCUT2D eigenvalue weighted by Crippen LogP contribution is 2.22. The standard InChI is InChI=1S/C15H24FN3/c1-18(11-12-19-9-2-3-10-19)15-6-4-5-14(16)13(15)7-8-17/h4-6H,2-3,7-12,17H2,1H3. The van der Waals surface area contributed by atoms with E-state index in [2.05, 4.69) is 9.80 Å². The Labute approximate surface area is 115 Å². The number of anilines is 1. The van der Waals surface area contributed by atoms with Gasteiger partial charge in [0.15, 0.2) is 0 Å². The summed E-state index contributed by atoms with van der Waals surface area (Å²) in [6.07, 6.45) is 3.21. The molecule has 1 fully saturated rings. The van der Waals surface area contributed by atoms with Gasteiger partial charge >= 0.3 is 0 Å². The third kappa shape index (κ3) is 3.67.